The van der Waals surface area contributed by atoms with Crippen molar-refractivity contribution in [1.29, 1.82) is 0 Å². The SMILES string of the molecule is CC(=O)C[C@@H](CCC(=O)O)C(=O)O.[B]1C=CC=C1. The summed E-state index contributed by atoms with van der Waals surface area (Å²) in [5, 5.41) is 16.9. The highest BCUT2D eigenvalue weighted by molar-refractivity contribution is 6.49. The lowest BCUT2D eigenvalue weighted by Crippen LogP contribution is -2.17. The summed E-state index contributed by atoms with van der Waals surface area (Å²) in [5.41, 5.74) is 0. The van der Waals surface area contributed by atoms with Crippen LogP contribution in [0.3, 0.4) is 0 Å². The van der Waals surface area contributed by atoms with Crippen LogP contribution in [0.5, 0.6) is 0 Å². The summed E-state index contributed by atoms with van der Waals surface area (Å²) in [7, 11) is 2.00. The zero-order valence-corrected chi connectivity index (χ0v) is 10.2. The number of Topliss-reactive ketones (excluding diaryl/α,β-unsaturated/α-hetero) is 1. The van der Waals surface area contributed by atoms with Gasteiger partial charge in [0.2, 0.25) is 0 Å². The maximum Gasteiger partial charge on any atom is 0.306 e. The Kier molecular flexibility index (Phi) is 8.27. The molecule has 0 bridgehead atoms. The lowest BCUT2D eigenvalue weighted by atomic mass is 9.83. The van der Waals surface area contributed by atoms with Crippen LogP contribution in [0.25, 0.3) is 0 Å². The number of allylic oxidation sites excluding steroid dienone is 2. The van der Waals surface area contributed by atoms with E-state index in [1.165, 1.54) is 6.92 Å². The largest absolute Gasteiger partial charge is 0.481 e. The van der Waals surface area contributed by atoms with Crippen molar-refractivity contribution in [1.82, 2.24) is 0 Å². The minimum Gasteiger partial charge on any atom is -0.481 e. The fourth-order valence-corrected chi connectivity index (χ4v) is 1.28. The Labute approximate surface area is 106 Å². The molecule has 0 unspecified atom stereocenters. The van der Waals surface area contributed by atoms with Crippen LogP contribution >= 0.6 is 0 Å². The fourth-order valence-electron chi connectivity index (χ4n) is 1.28. The molecule has 6 heteroatoms. The van der Waals surface area contributed by atoms with Crippen molar-refractivity contribution >= 4 is 25.0 Å². The molecule has 18 heavy (non-hydrogen) atoms. The van der Waals surface area contributed by atoms with Gasteiger partial charge < -0.3 is 15.0 Å². The number of carbonyl (C=O) groups is 3. The molecular weight excluding hydrogens is 235 g/mol. The molecule has 0 aromatic rings. The zero-order chi connectivity index (χ0) is 14.0. The highest BCUT2D eigenvalue weighted by Crippen LogP contribution is 2.11. The third-order valence-electron chi connectivity index (χ3n) is 2.15. The first-order valence-electron chi connectivity index (χ1n) is 5.54. The molecule has 2 N–H and O–H groups in total. The second-order valence-corrected chi connectivity index (χ2v) is 3.84. The first-order chi connectivity index (χ1) is 8.43. The van der Waals surface area contributed by atoms with Crippen LogP contribution in [-0.2, 0) is 14.4 Å². The number of aliphatic carboxylic acids is 2. The van der Waals surface area contributed by atoms with Gasteiger partial charge in [0, 0.05) is 12.8 Å². The molecule has 0 aromatic heterocycles. The predicted octanol–water partition coefficient (Wildman–Crippen LogP) is 1.26. The molecule has 1 rings (SSSR count). The Balaban J connectivity index is 0.000000473. The van der Waals surface area contributed by atoms with Gasteiger partial charge in [0.05, 0.1) is 5.92 Å². The number of carbonyl (C=O) groups excluding carboxylic acids is 1. The molecule has 0 amide bonds. The van der Waals surface area contributed by atoms with E-state index in [2.05, 4.69) is 0 Å². The van der Waals surface area contributed by atoms with Crippen molar-refractivity contribution in [3.05, 3.63) is 24.1 Å². The summed E-state index contributed by atoms with van der Waals surface area (Å²) in [6, 6.07) is 0. The van der Waals surface area contributed by atoms with E-state index in [0.29, 0.717) is 0 Å². The molecule has 0 saturated carbocycles. The summed E-state index contributed by atoms with van der Waals surface area (Å²) < 4.78 is 0. The van der Waals surface area contributed by atoms with E-state index >= 15 is 0 Å². The van der Waals surface area contributed by atoms with E-state index in [9.17, 15) is 14.4 Å². The minimum absolute atomic E-state index is 0.00421. The Morgan fingerprint density at radius 1 is 1.17 bits per heavy atom. The van der Waals surface area contributed by atoms with Crippen LogP contribution in [0.1, 0.15) is 26.2 Å². The van der Waals surface area contributed by atoms with Gasteiger partial charge in [0.15, 0.2) is 7.28 Å². The molecule has 0 saturated heterocycles. The molecule has 1 atom stereocenters. The van der Waals surface area contributed by atoms with Crippen molar-refractivity contribution in [3.8, 4) is 0 Å². The highest BCUT2D eigenvalue weighted by Gasteiger charge is 2.20. The van der Waals surface area contributed by atoms with E-state index in [1.807, 2.05) is 31.4 Å². The van der Waals surface area contributed by atoms with Gasteiger partial charge in [-0.15, -0.1) is 12.0 Å². The van der Waals surface area contributed by atoms with Gasteiger partial charge in [-0.05, 0) is 13.3 Å². The summed E-state index contributed by atoms with van der Waals surface area (Å²) in [6.45, 7) is 1.29. The Hall–Kier alpha value is -1.85. The number of ketones is 1. The van der Waals surface area contributed by atoms with E-state index in [1.54, 1.807) is 0 Å². The van der Waals surface area contributed by atoms with Crippen LogP contribution < -0.4 is 0 Å². The number of hydrogen-bond acceptors (Lipinski definition) is 3. The Morgan fingerprint density at radius 2 is 1.72 bits per heavy atom. The molecule has 97 valence electrons. The van der Waals surface area contributed by atoms with Crippen LogP contribution in [0.4, 0.5) is 0 Å². The van der Waals surface area contributed by atoms with E-state index in [0.717, 1.165) is 0 Å². The van der Waals surface area contributed by atoms with Crippen molar-refractivity contribution < 1.29 is 24.6 Å². The molecule has 1 radical (unpaired) electrons. The van der Waals surface area contributed by atoms with Gasteiger partial charge in [-0.3, -0.25) is 9.59 Å². The van der Waals surface area contributed by atoms with Gasteiger partial charge >= 0.3 is 11.9 Å². The van der Waals surface area contributed by atoms with Gasteiger partial charge in [-0.25, -0.2) is 0 Å². The smallest absolute Gasteiger partial charge is 0.306 e. The Bertz CT molecular complexity index is 349. The number of hydrogen-bond donors (Lipinski definition) is 2. The standard InChI is InChI=1S/C8H12O5.C4H4B/c1-5(9)4-6(8(12)13)2-3-7(10)11;1-2-4-5-3-1/h6H,2-4H2,1H3,(H,10,11)(H,12,13);1-4H/t6-;/m1./s1. The van der Waals surface area contributed by atoms with Crippen LogP contribution in [0, 0.1) is 5.92 Å². The van der Waals surface area contributed by atoms with Gasteiger partial charge in [0.25, 0.3) is 0 Å². The molecule has 1 aliphatic heterocycles. The maximum absolute atomic E-state index is 10.6. The van der Waals surface area contributed by atoms with E-state index in [-0.39, 0.29) is 25.0 Å². The summed E-state index contributed by atoms with van der Waals surface area (Å²) in [6.07, 6.45) is 3.69. The van der Waals surface area contributed by atoms with Crippen LogP contribution in [-0.4, -0.2) is 35.2 Å². The van der Waals surface area contributed by atoms with Gasteiger partial charge in [-0.2, -0.15) is 0 Å². The molecule has 5 nitrogen and oxygen atoms in total. The summed E-state index contributed by atoms with van der Waals surface area (Å²) in [5.74, 6) is 0.734. The predicted molar refractivity (Wildman–Crippen MR) is 67.3 cm³/mol. The Morgan fingerprint density at radius 3 is 2.00 bits per heavy atom. The minimum atomic E-state index is -1.11. The highest BCUT2D eigenvalue weighted by atomic mass is 16.4. The molecule has 0 aliphatic carbocycles. The molecular formula is C12H16BO5. The monoisotopic (exact) mass is 251 g/mol. The third kappa shape index (κ3) is 9.39. The average Bonchev–Trinajstić information content (AvgIpc) is 2.81. The number of carboxylic acids is 2. The lowest BCUT2D eigenvalue weighted by molar-refractivity contribution is -0.144. The van der Waals surface area contributed by atoms with Crippen LogP contribution in [0.2, 0.25) is 0 Å². The molecule has 0 fully saturated rings. The van der Waals surface area contributed by atoms with Crippen LogP contribution in [0.15, 0.2) is 24.1 Å². The van der Waals surface area contributed by atoms with Crippen molar-refractivity contribution in [2.24, 2.45) is 5.92 Å². The second-order valence-electron chi connectivity index (χ2n) is 3.84. The van der Waals surface area contributed by atoms with Crippen molar-refractivity contribution in [2.75, 3.05) is 0 Å². The first-order valence-corrected chi connectivity index (χ1v) is 5.54. The summed E-state index contributed by atoms with van der Waals surface area (Å²) in [4.78, 5) is 31.2. The number of rotatable bonds is 6. The average molecular weight is 251 g/mol. The normalized spacial score (nSPS) is 13.2. The molecule has 0 spiro atoms. The quantitative estimate of drug-likeness (QED) is 0.693. The number of carboxylic acid groups (broad SMARTS) is 2. The molecule has 0 aromatic carbocycles. The second kappa shape index (κ2) is 9.21. The molecule has 1 heterocycles. The third-order valence-corrected chi connectivity index (χ3v) is 2.15. The van der Waals surface area contributed by atoms with Crippen molar-refractivity contribution in [3.63, 3.8) is 0 Å². The topological polar surface area (TPSA) is 91.7 Å². The lowest BCUT2D eigenvalue weighted by Gasteiger charge is -2.07. The fraction of sp³-hybridized carbons (Fsp3) is 0.417. The van der Waals surface area contributed by atoms with E-state index < -0.39 is 17.9 Å². The zero-order valence-electron chi connectivity index (χ0n) is 10.2. The maximum atomic E-state index is 10.6. The van der Waals surface area contributed by atoms with E-state index in [4.69, 9.17) is 10.2 Å². The molecule has 1 aliphatic rings. The van der Waals surface area contributed by atoms with Gasteiger partial charge in [-0.1, -0.05) is 12.2 Å². The van der Waals surface area contributed by atoms with Crippen molar-refractivity contribution in [2.45, 2.75) is 26.2 Å². The summed E-state index contributed by atoms with van der Waals surface area (Å²) >= 11 is 0. The van der Waals surface area contributed by atoms with Gasteiger partial charge in [0.1, 0.15) is 5.78 Å². The first kappa shape index (κ1) is 16.2.